The molecule has 2 heterocycles. The monoisotopic (exact) mass is 477 g/mol. The summed E-state index contributed by atoms with van der Waals surface area (Å²) in [5.74, 6) is -0.351. The second kappa shape index (κ2) is 9.48. The Labute approximate surface area is 201 Å². The minimum absolute atomic E-state index is 0.129. The molecule has 0 radical (unpaired) electrons. The van der Waals surface area contributed by atoms with E-state index in [0.717, 1.165) is 25.7 Å². The summed E-state index contributed by atoms with van der Waals surface area (Å²) in [6, 6.07) is 10.8. The summed E-state index contributed by atoms with van der Waals surface area (Å²) in [5.41, 5.74) is 0.772. The van der Waals surface area contributed by atoms with E-state index in [2.05, 4.69) is 10.4 Å². The largest absolute Gasteiger partial charge is 0.352 e. The maximum Gasteiger partial charge on any atom is 0.352 e. The van der Waals surface area contributed by atoms with Crippen molar-refractivity contribution in [2.75, 3.05) is 0 Å². The number of carbonyl (C=O) groups excluding carboxylic acids is 1. The average Bonchev–Trinajstić information content (AvgIpc) is 3.19. The van der Waals surface area contributed by atoms with Gasteiger partial charge < -0.3 is 5.32 Å². The van der Waals surface area contributed by atoms with Gasteiger partial charge in [-0.2, -0.15) is 0 Å². The summed E-state index contributed by atoms with van der Waals surface area (Å²) in [7, 11) is 0. The molecule has 2 aromatic carbocycles. The summed E-state index contributed by atoms with van der Waals surface area (Å²) < 4.78 is 17.5. The lowest BCUT2D eigenvalue weighted by atomic mass is 9.95. The molecule has 0 bridgehead atoms. The van der Waals surface area contributed by atoms with Crippen LogP contribution in [0.5, 0.6) is 0 Å². The molecule has 0 aliphatic heterocycles. The third-order valence-corrected chi connectivity index (χ3v) is 6.67. The van der Waals surface area contributed by atoms with Gasteiger partial charge in [-0.15, -0.1) is 5.10 Å². The highest BCUT2D eigenvalue weighted by molar-refractivity contribution is 5.98. The molecule has 1 saturated carbocycles. The zero-order chi connectivity index (χ0) is 24.5. The van der Waals surface area contributed by atoms with E-state index in [1.165, 1.54) is 32.2 Å². The number of nitrogens with zero attached hydrogens (tertiary/aromatic N) is 4. The first-order chi connectivity index (χ1) is 17.0. The fourth-order valence-electron chi connectivity index (χ4n) is 4.86. The number of carbonyl (C=O) groups is 1. The quantitative estimate of drug-likeness (QED) is 0.461. The molecular formula is C26H28FN5O3. The Bertz CT molecular complexity index is 1510. The van der Waals surface area contributed by atoms with Gasteiger partial charge in [-0.05, 0) is 55.2 Å². The molecule has 2 aromatic heterocycles. The van der Waals surface area contributed by atoms with Gasteiger partial charge in [-0.3, -0.25) is 14.2 Å². The number of benzene rings is 2. The number of nitrogens with one attached hydrogen (secondary N) is 1. The Morgan fingerprint density at radius 1 is 1.09 bits per heavy atom. The third-order valence-electron chi connectivity index (χ3n) is 6.67. The SMILES string of the molecule is CCCn1c(=O)c2ccc(C(=O)NC3CCCCC3)cc2n2c(=O)n(Cc3ccc(F)cc3)nc12. The number of aromatic nitrogens is 4. The number of fused-ring (bicyclic) bond motifs is 3. The molecule has 35 heavy (non-hydrogen) atoms. The highest BCUT2D eigenvalue weighted by Crippen LogP contribution is 2.19. The minimum atomic E-state index is -0.427. The molecule has 0 unspecified atom stereocenters. The van der Waals surface area contributed by atoms with E-state index in [4.69, 9.17) is 0 Å². The van der Waals surface area contributed by atoms with Gasteiger partial charge >= 0.3 is 5.69 Å². The maximum absolute atomic E-state index is 13.5. The van der Waals surface area contributed by atoms with Gasteiger partial charge in [0.05, 0.1) is 17.4 Å². The lowest BCUT2D eigenvalue weighted by Gasteiger charge is -2.22. The van der Waals surface area contributed by atoms with Crippen molar-refractivity contribution < 1.29 is 9.18 Å². The molecule has 1 N–H and O–H groups in total. The Morgan fingerprint density at radius 2 is 1.83 bits per heavy atom. The van der Waals surface area contributed by atoms with Gasteiger partial charge in [-0.25, -0.2) is 18.3 Å². The second-order valence-corrected chi connectivity index (χ2v) is 9.20. The molecule has 4 aromatic rings. The highest BCUT2D eigenvalue weighted by Gasteiger charge is 2.21. The number of hydrogen-bond acceptors (Lipinski definition) is 4. The number of hydrogen-bond donors (Lipinski definition) is 1. The second-order valence-electron chi connectivity index (χ2n) is 9.20. The minimum Gasteiger partial charge on any atom is -0.349 e. The molecule has 1 amide bonds. The Morgan fingerprint density at radius 3 is 2.54 bits per heavy atom. The van der Waals surface area contributed by atoms with Crippen molar-refractivity contribution in [1.82, 2.24) is 24.1 Å². The van der Waals surface area contributed by atoms with Crippen molar-refractivity contribution in [2.45, 2.75) is 64.6 Å². The van der Waals surface area contributed by atoms with Crippen LogP contribution in [0.25, 0.3) is 16.7 Å². The van der Waals surface area contributed by atoms with E-state index in [9.17, 15) is 18.8 Å². The molecule has 9 heteroatoms. The van der Waals surface area contributed by atoms with Gasteiger partial charge in [0.1, 0.15) is 5.82 Å². The van der Waals surface area contributed by atoms with Crippen LogP contribution in [0, 0.1) is 5.82 Å². The molecule has 0 saturated heterocycles. The van der Waals surface area contributed by atoms with Gasteiger partial charge in [0.25, 0.3) is 11.5 Å². The summed E-state index contributed by atoms with van der Waals surface area (Å²) in [5, 5.41) is 7.90. The first-order valence-corrected chi connectivity index (χ1v) is 12.2. The number of halogens is 1. The van der Waals surface area contributed by atoms with Crippen LogP contribution in [0.3, 0.4) is 0 Å². The molecule has 0 atom stereocenters. The van der Waals surface area contributed by atoms with Crippen LogP contribution >= 0.6 is 0 Å². The van der Waals surface area contributed by atoms with Gasteiger partial charge in [-0.1, -0.05) is 38.3 Å². The first kappa shape index (κ1) is 23.0. The lowest BCUT2D eigenvalue weighted by Crippen LogP contribution is -2.36. The van der Waals surface area contributed by atoms with E-state index in [0.29, 0.717) is 35.0 Å². The van der Waals surface area contributed by atoms with E-state index in [1.807, 2.05) is 6.92 Å². The molecule has 182 valence electrons. The van der Waals surface area contributed by atoms with Crippen LogP contribution in [0.15, 0.2) is 52.1 Å². The predicted molar refractivity (Wildman–Crippen MR) is 131 cm³/mol. The van der Waals surface area contributed by atoms with E-state index in [-0.39, 0.29) is 35.6 Å². The average molecular weight is 478 g/mol. The summed E-state index contributed by atoms with van der Waals surface area (Å²) >= 11 is 0. The normalized spacial score (nSPS) is 14.6. The van der Waals surface area contributed by atoms with Crippen LogP contribution in [0.4, 0.5) is 4.39 Å². The fraction of sp³-hybridized carbons (Fsp3) is 0.385. The van der Waals surface area contributed by atoms with Crippen LogP contribution in [0.2, 0.25) is 0 Å². The van der Waals surface area contributed by atoms with Gasteiger partial charge in [0, 0.05) is 18.2 Å². The number of rotatable bonds is 6. The Hall–Kier alpha value is -3.75. The smallest absolute Gasteiger partial charge is 0.349 e. The number of amides is 1. The van der Waals surface area contributed by atoms with Crippen LogP contribution in [0.1, 0.15) is 61.4 Å². The Kier molecular flexibility index (Phi) is 6.23. The predicted octanol–water partition coefficient (Wildman–Crippen LogP) is 3.47. The first-order valence-electron chi connectivity index (χ1n) is 12.2. The van der Waals surface area contributed by atoms with Crippen LogP contribution in [-0.2, 0) is 13.1 Å². The fourth-order valence-corrected chi connectivity index (χ4v) is 4.86. The van der Waals surface area contributed by atoms with Crippen LogP contribution < -0.4 is 16.6 Å². The van der Waals surface area contributed by atoms with Crippen molar-refractivity contribution in [2.24, 2.45) is 0 Å². The molecular weight excluding hydrogens is 449 g/mol. The molecule has 8 nitrogen and oxygen atoms in total. The summed E-state index contributed by atoms with van der Waals surface area (Å²) in [6.07, 6.45) is 5.99. The van der Waals surface area contributed by atoms with Crippen molar-refractivity contribution in [3.05, 3.63) is 80.2 Å². The summed E-state index contributed by atoms with van der Waals surface area (Å²) in [6.45, 7) is 2.47. The van der Waals surface area contributed by atoms with Gasteiger partial charge in [0.15, 0.2) is 0 Å². The standard InChI is InChI=1S/C26H28FN5O3/c1-2-14-30-24(34)21-13-10-18(23(33)28-20-6-4-3-5-7-20)15-22(21)32-25(30)29-31(26(32)35)16-17-8-11-19(27)12-9-17/h8-13,15,20H,2-7,14,16H2,1H3,(H,28,33). The molecule has 1 fully saturated rings. The Balaban J connectivity index is 1.63. The van der Waals surface area contributed by atoms with E-state index >= 15 is 0 Å². The van der Waals surface area contributed by atoms with Crippen molar-refractivity contribution in [3.8, 4) is 0 Å². The van der Waals surface area contributed by atoms with E-state index in [1.54, 1.807) is 30.3 Å². The molecule has 5 rings (SSSR count). The maximum atomic E-state index is 13.5. The van der Waals surface area contributed by atoms with Crippen molar-refractivity contribution >= 4 is 22.6 Å². The molecule has 0 spiro atoms. The highest BCUT2D eigenvalue weighted by atomic mass is 19.1. The zero-order valence-electron chi connectivity index (χ0n) is 19.7. The third kappa shape index (κ3) is 4.38. The zero-order valence-corrected chi connectivity index (χ0v) is 19.7. The summed E-state index contributed by atoms with van der Waals surface area (Å²) in [4.78, 5) is 39.7. The van der Waals surface area contributed by atoms with Gasteiger partial charge in [0.2, 0.25) is 5.78 Å². The lowest BCUT2D eigenvalue weighted by molar-refractivity contribution is 0.0928. The topological polar surface area (TPSA) is 90.4 Å². The molecule has 1 aliphatic rings. The number of aryl methyl sites for hydroxylation is 1. The van der Waals surface area contributed by atoms with E-state index < -0.39 is 5.69 Å². The molecule has 1 aliphatic carbocycles. The van der Waals surface area contributed by atoms with Crippen LogP contribution in [-0.4, -0.2) is 30.7 Å². The van der Waals surface area contributed by atoms with Crippen molar-refractivity contribution in [3.63, 3.8) is 0 Å². The van der Waals surface area contributed by atoms with Crippen molar-refractivity contribution in [1.29, 1.82) is 0 Å².